The smallest absolute Gasteiger partial charge is 0.260 e. The van der Waals surface area contributed by atoms with Crippen molar-refractivity contribution in [3.05, 3.63) is 29.8 Å². The highest BCUT2D eigenvalue weighted by molar-refractivity contribution is 5.77. The SMILES string of the molecule is CN(C)[C@H]1CCCCN(Cc2ccc(OCC(=O)N3CCOCC3)cc2)C1. The van der Waals surface area contributed by atoms with Crippen molar-refractivity contribution in [2.24, 2.45) is 0 Å². The van der Waals surface area contributed by atoms with Gasteiger partial charge in [0.25, 0.3) is 5.91 Å². The molecule has 0 aliphatic carbocycles. The van der Waals surface area contributed by atoms with Gasteiger partial charge >= 0.3 is 0 Å². The number of amides is 1. The molecule has 6 heteroatoms. The lowest BCUT2D eigenvalue weighted by molar-refractivity contribution is -0.137. The van der Waals surface area contributed by atoms with Crippen LogP contribution in [0.5, 0.6) is 5.75 Å². The third kappa shape index (κ3) is 6.19. The molecule has 2 fully saturated rings. The zero-order chi connectivity index (χ0) is 19.1. The number of benzene rings is 1. The first-order chi connectivity index (χ1) is 13.1. The van der Waals surface area contributed by atoms with Crippen LogP contribution in [0, 0.1) is 0 Å². The second-order valence-electron chi connectivity index (χ2n) is 7.77. The van der Waals surface area contributed by atoms with Gasteiger partial charge in [-0.1, -0.05) is 18.6 Å². The van der Waals surface area contributed by atoms with Crippen molar-refractivity contribution < 1.29 is 14.3 Å². The van der Waals surface area contributed by atoms with Crippen LogP contribution in [0.25, 0.3) is 0 Å². The number of ether oxygens (including phenoxy) is 2. The molecule has 0 bridgehead atoms. The van der Waals surface area contributed by atoms with Crippen LogP contribution in [-0.2, 0) is 16.1 Å². The maximum atomic E-state index is 12.2. The van der Waals surface area contributed by atoms with E-state index in [1.807, 2.05) is 12.1 Å². The Balaban J connectivity index is 1.47. The van der Waals surface area contributed by atoms with E-state index in [-0.39, 0.29) is 12.5 Å². The van der Waals surface area contributed by atoms with Gasteiger partial charge in [0.05, 0.1) is 13.2 Å². The fourth-order valence-corrected chi connectivity index (χ4v) is 3.76. The zero-order valence-corrected chi connectivity index (χ0v) is 16.7. The van der Waals surface area contributed by atoms with Crippen molar-refractivity contribution >= 4 is 5.91 Å². The molecule has 2 aliphatic rings. The summed E-state index contributed by atoms with van der Waals surface area (Å²) in [6.45, 7) is 5.90. The summed E-state index contributed by atoms with van der Waals surface area (Å²) in [7, 11) is 4.36. The minimum atomic E-state index is 0.0293. The summed E-state index contributed by atoms with van der Waals surface area (Å²) in [4.78, 5) is 18.9. The molecule has 0 spiro atoms. The van der Waals surface area contributed by atoms with E-state index < -0.39 is 0 Å². The first kappa shape index (κ1) is 20.1. The maximum Gasteiger partial charge on any atom is 0.260 e. The molecule has 1 atom stereocenters. The lowest BCUT2D eigenvalue weighted by atomic mass is 10.1. The molecular weight excluding hydrogens is 342 g/mol. The number of nitrogens with zero attached hydrogens (tertiary/aromatic N) is 3. The predicted octanol–water partition coefficient (Wildman–Crippen LogP) is 1.84. The average Bonchev–Trinajstić information content (AvgIpc) is 2.94. The number of morpholine rings is 1. The van der Waals surface area contributed by atoms with Gasteiger partial charge in [-0.3, -0.25) is 9.69 Å². The van der Waals surface area contributed by atoms with E-state index in [1.165, 1.54) is 24.8 Å². The maximum absolute atomic E-state index is 12.2. The molecule has 2 aliphatic heterocycles. The number of hydrogen-bond donors (Lipinski definition) is 0. The summed E-state index contributed by atoms with van der Waals surface area (Å²) in [6.07, 6.45) is 3.87. The molecular formula is C21H33N3O3. The fourth-order valence-electron chi connectivity index (χ4n) is 3.76. The molecule has 0 aromatic heterocycles. The Hall–Kier alpha value is -1.63. The summed E-state index contributed by atoms with van der Waals surface area (Å²) in [5, 5.41) is 0. The van der Waals surface area contributed by atoms with E-state index in [4.69, 9.17) is 9.47 Å². The van der Waals surface area contributed by atoms with E-state index in [1.54, 1.807) is 4.90 Å². The standard InChI is InChI=1S/C21H33N3O3/c1-22(2)19-5-3-4-10-23(16-19)15-18-6-8-20(9-7-18)27-17-21(25)24-11-13-26-14-12-24/h6-9,19H,3-5,10-17H2,1-2H3/t19-/m0/s1. The molecule has 0 N–H and O–H groups in total. The molecule has 0 saturated carbocycles. The van der Waals surface area contributed by atoms with Crippen molar-refractivity contribution in [2.45, 2.75) is 31.8 Å². The Kier molecular flexibility index (Phi) is 7.50. The van der Waals surface area contributed by atoms with Crippen LogP contribution in [-0.4, -0.2) is 86.7 Å². The van der Waals surface area contributed by atoms with Gasteiger partial charge < -0.3 is 19.3 Å². The van der Waals surface area contributed by atoms with Gasteiger partial charge in [-0.15, -0.1) is 0 Å². The molecule has 0 unspecified atom stereocenters. The largest absolute Gasteiger partial charge is 0.484 e. The van der Waals surface area contributed by atoms with Gasteiger partial charge in [0.1, 0.15) is 5.75 Å². The lowest BCUT2D eigenvalue weighted by Crippen LogP contribution is -2.42. The van der Waals surface area contributed by atoms with Crippen LogP contribution in [0.3, 0.4) is 0 Å². The van der Waals surface area contributed by atoms with E-state index in [2.05, 4.69) is 36.0 Å². The van der Waals surface area contributed by atoms with Crippen molar-refractivity contribution in [3.8, 4) is 5.75 Å². The first-order valence-corrected chi connectivity index (χ1v) is 10.1. The summed E-state index contributed by atoms with van der Waals surface area (Å²) >= 11 is 0. The summed E-state index contributed by atoms with van der Waals surface area (Å²) in [5.41, 5.74) is 1.29. The molecule has 1 aromatic carbocycles. The third-order valence-electron chi connectivity index (χ3n) is 5.52. The first-order valence-electron chi connectivity index (χ1n) is 10.1. The van der Waals surface area contributed by atoms with E-state index in [9.17, 15) is 4.79 Å². The highest BCUT2D eigenvalue weighted by Crippen LogP contribution is 2.18. The molecule has 1 aromatic rings. The van der Waals surface area contributed by atoms with Gasteiger partial charge in [0.15, 0.2) is 6.61 Å². The second-order valence-corrected chi connectivity index (χ2v) is 7.77. The summed E-state index contributed by atoms with van der Waals surface area (Å²) in [6, 6.07) is 8.82. The molecule has 0 radical (unpaired) electrons. The van der Waals surface area contributed by atoms with Crippen LogP contribution in [0.1, 0.15) is 24.8 Å². The average molecular weight is 376 g/mol. The van der Waals surface area contributed by atoms with E-state index >= 15 is 0 Å². The fraction of sp³-hybridized carbons (Fsp3) is 0.667. The Morgan fingerprint density at radius 1 is 1.15 bits per heavy atom. The zero-order valence-electron chi connectivity index (χ0n) is 16.7. The number of carbonyl (C=O) groups excluding carboxylic acids is 1. The number of likely N-dealkylation sites (tertiary alicyclic amines) is 1. The summed E-state index contributed by atoms with van der Waals surface area (Å²) < 4.78 is 11.0. The van der Waals surface area contributed by atoms with Crippen molar-refractivity contribution in [1.82, 2.24) is 14.7 Å². The van der Waals surface area contributed by atoms with Gasteiger partial charge in [0, 0.05) is 32.2 Å². The van der Waals surface area contributed by atoms with Crippen LogP contribution >= 0.6 is 0 Å². The Morgan fingerprint density at radius 2 is 1.89 bits per heavy atom. The van der Waals surface area contributed by atoms with Crippen molar-refractivity contribution in [3.63, 3.8) is 0 Å². The molecule has 3 rings (SSSR count). The minimum Gasteiger partial charge on any atom is -0.484 e. The number of hydrogen-bond acceptors (Lipinski definition) is 5. The van der Waals surface area contributed by atoms with Crippen LogP contribution in [0.4, 0.5) is 0 Å². The molecule has 150 valence electrons. The number of carbonyl (C=O) groups is 1. The lowest BCUT2D eigenvalue weighted by Gasteiger charge is -2.28. The van der Waals surface area contributed by atoms with Gasteiger partial charge in [-0.05, 0) is 51.2 Å². The minimum absolute atomic E-state index is 0.0293. The Morgan fingerprint density at radius 3 is 2.59 bits per heavy atom. The highest BCUT2D eigenvalue weighted by atomic mass is 16.5. The molecule has 27 heavy (non-hydrogen) atoms. The predicted molar refractivity (Wildman–Crippen MR) is 106 cm³/mol. The van der Waals surface area contributed by atoms with Gasteiger partial charge in [-0.25, -0.2) is 0 Å². The van der Waals surface area contributed by atoms with Gasteiger partial charge in [0.2, 0.25) is 0 Å². The molecule has 2 saturated heterocycles. The molecule has 1 amide bonds. The second kappa shape index (κ2) is 10.1. The van der Waals surface area contributed by atoms with Crippen molar-refractivity contribution in [1.29, 1.82) is 0 Å². The number of likely N-dealkylation sites (N-methyl/N-ethyl adjacent to an activating group) is 1. The monoisotopic (exact) mass is 375 g/mol. The molecule has 6 nitrogen and oxygen atoms in total. The third-order valence-corrected chi connectivity index (χ3v) is 5.52. The van der Waals surface area contributed by atoms with Crippen LogP contribution < -0.4 is 4.74 Å². The number of rotatable bonds is 6. The highest BCUT2D eigenvalue weighted by Gasteiger charge is 2.20. The van der Waals surface area contributed by atoms with E-state index in [0.717, 1.165) is 25.4 Å². The van der Waals surface area contributed by atoms with Crippen molar-refractivity contribution in [2.75, 3.05) is 60.1 Å². The summed E-state index contributed by atoms with van der Waals surface area (Å²) in [5.74, 6) is 0.782. The Labute approximate surface area is 163 Å². The van der Waals surface area contributed by atoms with Crippen LogP contribution in [0.15, 0.2) is 24.3 Å². The van der Waals surface area contributed by atoms with Gasteiger partial charge in [-0.2, -0.15) is 0 Å². The molecule has 2 heterocycles. The topological polar surface area (TPSA) is 45.2 Å². The van der Waals surface area contributed by atoms with E-state index in [0.29, 0.717) is 32.3 Å². The Bertz CT molecular complexity index is 585. The normalized spacial score (nSPS) is 21.9. The van der Waals surface area contributed by atoms with Crippen LogP contribution in [0.2, 0.25) is 0 Å². The quantitative estimate of drug-likeness (QED) is 0.759.